The molecule has 0 fully saturated rings. The van der Waals surface area contributed by atoms with Crippen molar-refractivity contribution in [3.05, 3.63) is 71.3 Å². The average Bonchev–Trinajstić information content (AvgIpc) is 2.54. The third-order valence-corrected chi connectivity index (χ3v) is 3.37. The average molecular weight is 294 g/mol. The van der Waals surface area contributed by atoms with E-state index in [2.05, 4.69) is 25.5 Å². The number of amides is 1. The molecule has 4 heteroatoms. The Labute approximate surface area is 131 Å². The third kappa shape index (κ3) is 4.18. The van der Waals surface area contributed by atoms with E-state index in [0.717, 1.165) is 12.1 Å². The molecule has 0 bridgehead atoms. The summed E-state index contributed by atoms with van der Waals surface area (Å²) in [5, 5.41) is 12.0. The molecule has 0 aliphatic carbocycles. The van der Waals surface area contributed by atoms with Crippen LogP contribution < -0.4 is 10.2 Å². The van der Waals surface area contributed by atoms with Crippen LogP contribution in [0.2, 0.25) is 0 Å². The zero-order valence-electron chi connectivity index (χ0n) is 12.8. The standard InChI is InChI=1S/C18H19N3O/c1-21(2)13-17(15-8-4-3-5-9-15)20-18(22)16-10-6-7-14(11-16)12-19/h3-11,17H,13H2,1-2H3,(H,20,22)/p+1/t17-/m1/s1. The maximum Gasteiger partial charge on any atom is 0.252 e. The lowest BCUT2D eigenvalue weighted by Gasteiger charge is -2.21. The fraction of sp³-hybridized carbons (Fsp3) is 0.222. The fourth-order valence-corrected chi connectivity index (χ4v) is 2.32. The van der Waals surface area contributed by atoms with Crippen LogP contribution in [0.4, 0.5) is 0 Å². The molecule has 0 aliphatic rings. The molecule has 0 radical (unpaired) electrons. The predicted octanol–water partition coefficient (Wildman–Crippen LogP) is 1.17. The molecule has 112 valence electrons. The Kier molecular flexibility index (Phi) is 5.29. The van der Waals surface area contributed by atoms with Crippen LogP contribution in [0, 0.1) is 11.3 Å². The van der Waals surface area contributed by atoms with E-state index < -0.39 is 0 Å². The molecule has 0 aliphatic heterocycles. The lowest BCUT2D eigenvalue weighted by atomic mass is 10.1. The maximum absolute atomic E-state index is 12.4. The van der Waals surface area contributed by atoms with Gasteiger partial charge in [0.1, 0.15) is 12.6 Å². The van der Waals surface area contributed by atoms with Gasteiger partial charge in [-0.25, -0.2) is 0 Å². The van der Waals surface area contributed by atoms with Crippen LogP contribution in [0.1, 0.15) is 27.5 Å². The molecule has 4 nitrogen and oxygen atoms in total. The van der Waals surface area contributed by atoms with Crippen LogP contribution in [0.15, 0.2) is 54.6 Å². The lowest BCUT2D eigenvalue weighted by Crippen LogP contribution is -3.06. The summed E-state index contributed by atoms with van der Waals surface area (Å²) in [6.07, 6.45) is 0. The fourth-order valence-electron chi connectivity index (χ4n) is 2.32. The molecule has 2 aromatic rings. The summed E-state index contributed by atoms with van der Waals surface area (Å²) in [4.78, 5) is 13.7. The minimum atomic E-state index is -0.160. The van der Waals surface area contributed by atoms with E-state index in [1.165, 1.54) is 4.90 Å². The number of hydrogen-bond donors (Lipinski definition) is 2. The van der Waals surface area contributed by atoms with E-state index in [1.807, 2.05) is 30.3 Å². The number of benzene rings is 2. The number of nitriles is 1. The van der Waals surface area contributed by atoms with E-state index in [0.29, 0.717) is 11.1 Å². The number of carbonyl (C=O) groups excluding carboxylic acids is 1. The summed E-state index contributed by atoms with van der Waals surface area (Å²) in [7, 11) is 4.11. The van der Waals surface area contributed by atoms with Crippen molar-refractivity contribution in [1.82, 2.24) is 5.32 Å². The van der Waals surface area contributed by atoms with Gasteiger partial charge in [-0.1, -0.05) is 36.4 Å². The smallest absolute Gasteiger partial charge is 0.252 e. The molecule has 0 spiro atoms. The number of hydrogen-bond acceptors (Lipinski definition) is 2. The number of likely N-dealkylation sites (N-methyl/N-ethyl adjacent to an activating group) is 1. The van der Waals surface area contributed by atoms with Gasteiger partial charge >= 0.3 is 0 Å². The summed E-state index contributed by atoms with van der Waals surface area (Å²) in [6.45, 7) is 0.785. The Morgan fingerprint density at radius 3 is 2.55 bits per heavy atom. The van der Waals surface area contributed by atoms with Crippen LogP contribution in [-0.4, -0.2) is 26.5 Å². The molecule has 0 heterocycles. The van der Waals surface area contributed by atoms with Gasteiger partial charge in [-0.2, -0.15) is 5.26 Å². The Balaban J connectivity index is 2.19. The second-order valence-corrected chi connectivity index (χ2v) is 5.54. The van der Waals surface area contributed by atoms with E-state index in [-0.39, 0.29) is 11.9 Å². The van der Waals surface area contributed by atoms with Gasteiger partial charge < -0.3 is 10.2 Å². The first-order valence-corrected chi connectivity index (χ1v) is 7.25. The second kappa shape index (κ2) is 7.39. The number of nitrogens with zero attached hydrogens (tertiary/aromatic N) is 1. The van der Waals surface area contributed by atoms with Crippen LogP contribution in [0.3, 0.4) is 0 Å². The second-order valence-electron chi connectivity index (χ2n) is 5.54. The molecule has 0 saturated heterocycles. The van der Waals surface area contributed by atoms with E-state index in [1.54, 1.807) is 24.3 Å². The zero-order chi connectivity index (χ0) is 15.9. The normalized spacial score (nSPS) is 11.7. The van der Waals surface area contributed by atoms with Crippen molar-refractivity contribution in [3.63, 3.8) is 0 Å². The van der Waals surface area contributed by atoms with Gasteiger partial charge in [-0.15, -0.1) is 0 Å². The van der Waals surface area contributed by atoms with E-state index in [4.69, 9.17) is 5.26 Å². The molecular weight excluding hydrogens is 274 g/mol. The topological polar surface area (TPSA) is 57.3 Å². The third-order valence-electron chi connectivity index (χ3n) is 3.37. The summed E-state index contributed by atoms with van der Waals surface area (Å²) in [6, 6.07) is 18.7. The van der Waals surface area contributed by atoms with Gasteiger partial charge in [0.2, 0.25) is 0 Å². The number of carbonyl (C=O) groups is 1. The summed E-state index contributed by atoms with van der Waals surface area (Å²) >= 11 is 0. The predicted molar refractivity (Wildman–Crippen MR) is 85.5 cm³/mol. The van der Waals surface area contributed by atoms with Crippen molar-refractivity contribution in [1.29, 1.82) is 5.26 Å². The van der Waals surface area contributed by atoms with Gasteiger partial charge in [0.25, 0.3) is 5.91 Å². The van der Waals surface area contributed by atoms with Crippen molar-refractivity contribution in [2.24, 2.45) is 0 Å². The first-order chi connectivity index (χ1) is 10.6. The maximum atomic E-state index is 12.4. The molecule has 2 rings (SSSR count). The monoisotopic (exact) mass is 294 g/mol. The Morgan fingerprint density at radius 1 is 1.18 bits per heavy atom. The van der Waals surface area contributed by atoms with Gasteiger partial charge in [0.15, 0.2) is 0 Å². The summed E-state index contributed by atoms with van der Waals surface area (Å²) in [5.41, 5.74) is 2.07. The van der Waals surface area contributed by atoms with E-state index >= 15 is 0 Å². The molecule has 1 amide bonds. The van der Waals surface area contributed by atoms with Crippen LogP contribution >= 0.6 is 0 Å². The highest BCUT2D eigenvalue weighted by Crippen LogP contribution is 2.12. The molecule has 2 aromatic carbocycles. The molecule has 22 heavy (non-hydrogen) atoms. The first-order valence-electron chi connectivity index (χ1n) is 7.25. The van der Waals surface area contributed by atoms with Crippen molar-refractivity contribution in [2.75, 3.05) is 20.6 Å². The van der Waals surface area contributed by atoms with Crippen LogP contribution in [-0.2, 0) is 0 Å². The minimum absolute atomic E-state index is 0.0653. The molecule has 0 saturated carbocycles. The SMILES string of the molecule is C[NH+](C)C[C@@H](NC(=O)c1cccc(C#N)c1)c1ccccc1. The Hall–Kier alpha value is -2.64. The van der Waals surface area contributed by atoms with Crippen molar-refractivity contribution >= 4 is 5.91 Å². The number of rotatable bonds is 5. The van der Waals surface area contributed by atoms with Crippen LogP contribution in [0.25, 0.3) is 0 Å². The van der Waals surface area contributed by atoms with Gasteiger partial charge in [-0.3, -0.25) is 4.79 Å². The largest absolute Gasteiger partial charge is 0.340 e. The summed E-state index contributed by atoms with van der Waals surface area (Å²) in [5.74, 6) is -0.160. The van der Waals surface area contributed by atoms with E-state index in [9.17, 15) is 4.79 Å². The molecule has 1 atom stereocenters. The van der Waals surface area contributed by atoms with Crippen LogP contribution in [0.5, 0.6) is 0 Å². The molecule has 0 aromatic heterocycles. The van der Waals surface area contributed by atoms with Crippen molar-refractivity contribution in [3.8, 4) is 6.07 Å². The Morgan fingerprint density at radius 2 is 1.91 bits per heavy atom. The molecular formula is C18H20N3O+. The van der Waals surface area contributed by atoms with Gasteiger partial charge in [-0.05, 0) is 23.8 Å². The highest BCUT2D eigenvalue weighted by atomic mass is 16.1. The highest BCUT2D eigenvalue weighted by molar-refractivity contribution is 5.94. The first kappa shape index (κ1) is 15.7. The Bertz CT molecular complexity index is 674. The number of nitrogens with one attached hydrogen (secondary N) is 2. The molecule has 2 N–H and O–H groups in total. The van der Waals surface area contributed by atoms with Crippen molar-refractivity contribution < 1.29 is 9.69 Å². The lowest BCUT2D eigenvalue weighted by molar-refractivity contribution is -0.860. The quantitative estimate of drug-likeness (QED) is 0.870. The van der Waals surface area contributed by atoms with Gasteiger partial charge in [0.05, 0.1) is 25.7 Å². The molecule has 0 unspecified atom stereocenters. The highest BCUT2D eigenvalue weighted by Gasteiger charge is 2.18. The zero-order valence-corrected chi connectivity index (χ0v) is 12.8. The number of quaternary nitrogens is 1. The van der Waals surface area contributed by atoms with Crippen molar-refractivity contribution in [2.45, 2.75) is 6.04 Å². The summed E-state index contributed by atoms with van der Waals surface area (Å²) < 4.78 is 0. The minimum Gasteiger partial charge on any atom is -0.340 e. The van der Waals surface area contributed by atoms with Gasteiger partial charge in [0, 0.05) is 5.56 Å².